The van der Waals surface area contributed by atoms with E-state index in [9.17, 15) is 14.0 Å². The van der Waals surface area contributed by atoms with Crippen LogP contribution in [0.2, 0.25) is 0 Å². The van der Waals surface area contributed by atoms with Gasteiger partial charge in [0.15, 0.2) is 11.6 Å². The van der Waals surface area contributed by atoms with E-state index >= 15 is 0 Å². The Kier molecular flexibility index (Phi) is 5.92. The number of carbonyl (C=O) groups is 2. The summed E-state index contributed by atoms with van der Waals surface area (Å²) < 4.78 is 13.4. The Labute approximate surface area is 188 Å². The van der Waals surface area contributed by atoms with Gasteiger partial charge in [-0.1, -0.05) is 30.3 Å². The van der Waals surface area contributed by atoms with Gasteiger partial charge in [0.1, 0.15) is 12.0 Å². The van der Waals surface area contributed by atoms with Gasteiger partial charge in [0.2, 0.25) is 0 Å². The molecule has 0 radical (unpaired) electrons. The summed E-state index contributed by atoms with van der Waals surface area (Å²) in [6.07, 6.45) is 8.26. The van der Waals surface area contributed by atoms with E-state index in [1.807, 2.05) is 24.3 Å². The van der Waals surface area contributed by atoms with Gasteiger partial charge in [-0.3, -0.25) is 14.9 Å². The van der Waals surface area contributed by atoms with Crippen LogP contribution in [0.25, 0.3) is 0 Å². The second-order valence-electron chi connectivity index (χ2n) is 9.28. The molecule has 166 valence electrons. The minimum atomic E-state index is -0.232. The Morgan fingerprint density at radius 2 is 1.69 bits per heavy atom. The number of hydrogen-bond donors (Lipinski definition) is 2. The number of benzene rings is 2. The van der Waals surface area contributed by atoms with E-state index in [1.54, 1.807) is 12.1 Å². The molecule has 0 aromatic heterocycles. The summed E-state index contributed by atoms with van der Waals surface area (Å²) in [5.41, 5.74) is 4.63. The highest BCUT2D eigenvalue weighted by Gasteiger charge is 2.32. The van der Waals surface area contributed by atoms with Crippen molar-refractivity contribution in [2.24, 2.45) is 11.8 Å². The molecule has 32 heavy (non-hydrogen) atoms. The first-order valence-electron chi connectivity index (χ1n) is 11.7. The van der Waals surface area contributed by atoms with Crippen molar-refractivity contribution in [1.29, 1.82) is 0 Å². The van der Waals surface area contributed by atoms with Gasteiger partial charge in [-0.05, 0) is 79.8 Å². The molecule has 2 atom stereocenters. The SMILES string of the molecule is O=C(C1=CCCC(C(=O)c2ccc(C3NCc4cc(F)ccc4N3)cc2)CCC1)C1CC1. The summed E-state index contributed by atoms with van der Waals surface area (Å²) in [6.45, 7) is 0.590. The molecule has 4 nitrogen and oxygen atoms in total. The van der Waals surface area contributed by atoms with Crippen molar-refractivity contribution in [3.63, 3.8) is 0 Å². The molecule has 2 aromatic rings. The van der Waals surface area contributed by atoms with Crippen LogP contribution in [-0.2, 0) is 11.3 Å². The van der Waals surface area contributed by atoms with Crippen LogP contribution in [-0.4, -0.2) is 11.6 Å². The number of allylic oxidation sites excluding steroid dienone is 2. The van der Waals surface area contributed by atoms with Crippen LogP contribution >= 0.6 is 0 Å². The molecule has 0 saturated heterocycles. The van der Waals surface area contributed by atoms with E-state index < -0.39 is 0 Å². The summed E-state index contributed by atoms with van der Waals surface area (Å²) in [6, 6.07) is 12.6. The van der Waals surface area contributed by atoms with Crippen LogP contribution in [0, 0.1) is 17.7 Å². The van der Waals surface area contributed by atoms with Crippen molar-refractivity contribution in [2.75, 3.05) is 5.32 Å². The lowest BCUT2D eigenvalue weighted by molar-refractivity contribution is -0.116. The number of anilines is 1. The molecular weight excluding hydrogens is 403 g/mol. The van der Waals surface area contributed by atoms with Gasteiger partial charge in [-0.15, -0.1) is 0 Å². The lowest BCUT2D eigenvalue weighted by Gasteiger charge is -2.29. The highest BCUT2D eigenvalue weighted by Crippen LogP contribution is 2.35. The first kappa shape index (κ1) is 21.1. The normalized spacial score (nSPS) is 23.2. The summed E-state index contributed by atoms with van der Waals surface area (Å²) in [5.74, 6) is 0.612. The summed E-state index contributed by atoms with van der Waals surface area (Å²) in [4.78, 5) is 25.5. The predicted octanol–water partition coefficient (Wildman–Crippen LogP) is 5.71. The number of Topliss-reactive ketones (excluding diaryl/α,β-unsaturated/α-hetero) is 2. The number of rotatable bonds is 5. The minimum Gasteiger partial charge on any atom is -0.366 e. The van der Waals surface area contributed by atoms with Crippen LogP contribution in [0.4, 0.5) is 10.1 Å². The van der Waals surface area contributed by atoms with Gasteiger partial charge in [-0.2, -0.15) is 0 Å². The molecule has 1 fully saturated rings. The first-order chi connectivity index (χ1) is 15.6. The maximum atomic E-state index is 13.4. The van der Waals surface area contributed by atoms with E-state index in [0.717, 1.165) is 72.9 Å². The Balaban J connectivity index is 1.22. The first-order valence-corrected chi connectivity index (χ1v) is 11.7. The fourth-order valence-electron chi connectivity index (χ4n) is 4.88. The molecule has 5 rings (SSSR count). The van der Waals surface area contributed by atoms with Crippen LogP contribution in [0.3, 0.4) is 0 Å². The molecule has 0 amide bonds. The van der Waals surface area contributed by atoms with Gasteiger partial charge in [0.25, 0.3) is 0 Å². The maximum Gasteiger partial charge on any atom is 0.165 e. The van der Waals surface area contributed by atoms with E-state index in [1.165, 1.54) is 6.07 Å². The fourth-order valence-corrected chi connectivity index (χ4v) is 4.88. The number of carbonyl (C=O) groups excluding carboxylic acids is 2. The second-order valence-corrected chi connectivity index (χ2v) is 9.28. The number of fused-ring (bicyclic) bond motifs is 1. The minimum absolute atomic E-state index is 0.0161. The second kappa shape index (κ2) is 8.99. The van der Waals surface area contributed by atoms with Gasteiger partial charge in [0, 0.05) is 29.6 Å². The Hall–Kier alpha value is -2.79. The van der Waals surface area contributed by atoms with E-state index in [2.05, 4.69) is 16.7 Å². The van der Waals surface area contributed by atoms with E-state index in [4.69, 9.17) is 0 Å². The zero-order chi connectivity index (χ0) is 22.1. The Morgan fingerprint density at radius 3 is 2.47 bits per heavy atom. The third-order valence-corrected chi connectivity index (χ3v) is 6.93. The molecule has 2 aromatic carbocycles. The molecule has 2 aliphatic carbocycles. The zero-order valence-electron chi connectivity index (χ0n) is 18.2. The average Bonchev–Trinajstić information content (AvgIpc) is 3.64. The third-order valence-electron chi connectivity index (χ3n) is 6.93. The largest absolute Gasteiger partial charge is 0.366 e. The Bertz CT molecular complexity index is 1060. The molecule has 0 spiro atoms. The van der Waals surface area contributed by atoms with Crippen LogP contribution in [0.15, 0.2) is 54.1 Å². The van der Waals surface area contributed by atoms with Crippen molar-refractivity contribution in [3.05, 3.63) is 76.6 Å². The quantitative estimate of drug-likeness (QED) is 0.595. The third kappa shape index (κ3) is 4.53. The molecule has 2 unspecified atom stereocenters. The lowest BCUT2D eigenvalue weighted by atomic mass is 9.84. The highest BCUT2D eigenvalue weighted by molar-refractivity contribution is 5.99. The van der Waals surface area contributed by atoms with Gasteiger partial charge >= 0.3 is 0 Å². The molecule has 0 bridgehead atoms. The number of ketones is 2. The topological polar surface area (TPSA) is 58.2 Å². The van der Waals surface area contributed by atoms with Crippen LogP contribution in [0.5, 0.6) is 0 Å². The van der Waals surface area contributed by atoms with E-state index in [0.29, 0.717) is 12.3 Å². The number of halogens is 1. The molecule has 5 heteroatoms. The summed E-state index contributed by atoms with van der Waals surface area (Å²) >= 11 is 0. The number of hydrogen-bond acceptors (Lipinski definition) is 4. The summed E-state index contributed by atoms with van der Waals surface area (Å²) in [5, 5.41) is 6.77. The van der Waals surface area contributed by atoms with Crippen LogP contribution in [0.1, 0.15) is 72.6 Å². The molecular formula is C27H29FN2O2. The fraction of sp³-hybridized carbons (Fsp3) is 0.407. The molecule has 1 saturated carbocycles. The van der Waals surface area contributed by atoms with Crippen molar-refractivity contribution >= 4 is 17.3 Å². The monoisotopic (exact) mass is 432 g/mol. The zero-order valence-corrected chi connectivity index (χ0v) is 18.2. The predicted molar refractivity (Wildman–Crippen MR) is 123 cm³/mol. The molecule has 3 aliphatic rings. The maximum absolute atomic E-state index is 13.4. The van der Waals surface area contributed by atoms with E-state index in [-0.39, 0.29) is 29.6 Å². The molecule has 1 heterocycles. The van der Waals surface area contributed by atoms with Gasteiger partial charge in [0.05, 0.1) is 0 Å². The standard InChI is InChI=1S/C27H29FN2O2/c28-23-13-14-24-22(15-23)16-29-27(30-24)21-11-9-20(10-12-21)26(32)18-5-1-3-17(4-2-6-18)25(31)19-7-8-19/h3,9-15,18-19,27,29-30H,1-2,4-8,16H2. The van der Waals surface area contributed by atoms with Crippen molar-refractivity contribution in [2.45, 2.75) is 57.7 Å². The average molecular weight is 433 g/mol. The highest BCUT2D eigenvalue weighted by atomic mass is 19.1. The molecule has 1 aliphatic heterocycles. The number of nitrogens with one attached hydrogen (secondary N) is 2. The lowest BCUT2D eigenvalue weighted by Crippen LogP contribution is -2.32. The Morgan fingerprint density at radius 1 is 0.906 bits per heavy atom. The van der Waals surface area contributed by atoms with Crippen molar-refractivity contribution < 1.29 is 14.0 Å². The van der Waals surface area contributed by atoms with Crippen molar-refractivity contribution in [1.82, 2.24) is 5.32 Å². The smallest absolute Gasteiger partial charge is 0.165 e. The van der Waals surface area contributed by atoms with Gasteiger partial charge < -0.3 is 5.32 Å². The molecule has 2 N–H and O–H groups in total. The van der Waals surface area contributed by atoms with Gasteiger partial charge in [-0.25, -0.2) is 4.39 Å². The van der Waals surface area contributed by atoms with Crippen LogP contribution < -0.4 is 10.6 Å². The summed E-state index contributed by atoms with van der Waals surface area (Å²) in [7, 11) is 0. The van der Waals surface area contributed by atoms with Crippen molar-refractivity contribution in [3.8, 4) is 0 Å².